The summed E-state index contributed by atoms with van der Waals surface area (Å²) < 4.78 is 0. The van der Waals surface area contributed by atoms with Crippen molar-refractivity contribution < 1.29 is 14.7 Å². The quantitative estimate of drug-likeness (QED) is 0.873. The van der Waals surface area contributed by atoms with Crippen LogP contribution in [0.3, 0.4) is 0 Å². The van der Waals surface area contributed by atoms with Gasteiger partial charge in [-0.1, -0.05) is 37.6 Å². The van der Waals surface area contributed by atoms with Crippen molar-refractivity contribution >= 4 is 29.3 Å². The molecule has 1 aromatic carbocycles. The van der Waals surface area contributed by atoms with Crippen molar-refractivity contribution in [1.29, 1.82) is 0 Å². The summed E-state index contributed by atoms with van der Waals surface area (Å²) in [6, 6.07) is 6.34. The van der Waals surface area contributed by atoms with Gasteiger partial charge in [-0.2, -0.15) is 0 Å². The van der Waals surface area contributed by atoms with Gasteiger partial charge in [0.05, 0.1) is 10.7 Å². The third kappa shape index (κ3) is 5.18. The van der Waals surface area contributed by atoms with E-state index >= 15 is 0 Å². The maximum absolute atomic E-state index is 12.0. The number of carboxylic acid groups (broad SMARTS) is 1. The fraction of sp³-hybridized carbons (Fsp3) is 0.385. The number of urea groups is 1. The summed E-state index contributed by atoms with van der Waals surface area (Å²) in [7, 11) is 0. The number of aliphatic carboxylic acids is 1. The number of carboxylic acids is 1. The lowest BCUT2D eigenvalue weighted by atomic mass is 10.2. The Bertz CT molecular complexity index is 463. The molecular weight excluding hydrogens is 268 g/mol. The summed E-state index contributed by atoms with van der Waals surface area (Å²) in [4.78, 5) is 24.0. The maximum Gasteiger partial charge on any atom is 0.323 e. The number of halogens is 1. The molecule has 0 aliphatic carbocycles. The van der Waals surface area contributed by atoms with Crippen molar-refractivity contribution in [3.63, 3.8) is 0 Å². The Morgan fingerprint density at radius 1 is 1.37 bits per heavy atom. The molecule has 0 saturated heterocycles. The molecule has 0 fully saturated rings. The van der Waals surface area contributed by atoms with Gasteiger partial charge in [-0.3, -0.25) is 4.79 Å². The third-order valence-electron chi connectivity index (χ3n) is 2.31. The van der Waals surface area contributed by atoms with E-state index in [1.54, 1.807) is 24.3 Å². The highest BCUT2D eigenvalue weighted by Crippen LogP contribution is 2.20. The second-order valence-corrected chi connectivity index (χ2v) is 4.99. The Morgan fingerprint density at radius 2 is 2.00 bits per heavy atom. The number of nitrogens with zero attached hydrogens (tertiary/aromatic N) is 1. The normalized spacial score (nSPS) is 10.3. The second kappa shape index (κ2) is 6.99. The molecule has 0 spiro atoms. The van der Waals surface area contributed by atoms with Crippen molar-refractivity contribution in [1.82, 2.24) is 4.90 Å². The smallest absolute Gasteiger partial charge is 0.323 e. The molecule has 1 rings (SSSR count). The Hall–Kier alpha value is -1.75. The topological polar surface area (TPSA) is 69.6 Å². The lowest BCUT2D eigenvalue weighted by Gasteiger charge is -2.23. The molecule has 104 valence electrons. The number of carbonyl (C=O) groups is 2. The number of benzene rings is 1. The predicted octanol–water partition coefficient (Wildman–Crippen LogP) is 2.91. The first kappa shape index (κ1) is 15.3. The van der Waals surface area contributed by atoms with Crippen LogP contribution < -0.4 is 5.32 Å². The van der Waals surface area contributed by atoms with E-state index in [0.29, 0.717) is 17.3 Å². The molecule has 19 heavy (non-hydrogen) atoms. The molecule has 2 N–H and O–H groups in total. The zero-order valence-electron chi connectivity index (χ0n) is 10.9. The van der Waals surface area contributed by atoms with E-state index in [4.69, 9.17) is 16.7 Å². The van der Waals surface area contributed by atoms with Crippen LogP contribution in [0.15, 0.2) is 24.3 Å². The fourth-order valence-corrected chi connectivity index (χ4v) is 1.76. The van der Waals surface area contributed by atoms with Gasteiger partial charge in [-0.15, -0.1) is 0 Å². The molecule has 0 radical (unpaired) electrons. The summed E-state index contributed by atoms with van der Waals surface area (Å²) in [5.74, 6) is -0.869. The van der Waals surface area contributed by atoms with E-state index in [2.05, 4.69) is 5.32 Å². The summed E-state index contributed by atoms with van der Waals surface area (Å²) in [5.41, 5.74) is 0.466. The number of nitrogens with one attached hydrogen (secondary N) is 1. The summed E-state index contributed by atoms with van der Waals surface area (Å²) in [6.07, 6.45) is 0. The number of rotatable bonds is 5. The monoisotopic (exact) mass is 284 g/mol. The van der Waals surface area contributed by atoms with Gasteiger partial charge in [-0.25, -0.2) is 4.79 Å². The van der Waals surface area contributed by atoms with Crippen LogP contribution in [0.5, 0.6) is 0 Å². The minimum Gasteiger partial charge on any atom is -0.480 e. The molecule has 0 bridgehead atoms. The van der Waals surface area contributed by atoms with Crippen LogP contribution in [0.4, 0.5) is 10.5 Å². The van der Waals surface area contributed by atoms with Crippen LogP contribution in [-0.2, 0) is 4.79 Å². The van der Waals surface area contributed by atoms with Crippen molar-refractivity contribution in [2.75, 3.05) is 18.4 Å². The molecule has 0 aromatic heterocycles. The molecular formula is C13H17ClN2O3. The summed E-state index contributed by atoms with van der Waals surface area (Å²) in [5, 5.41) is 11.8. The molecule has 0 saturated carbocycles. The van der Waals surface area contributed by atoms with E-state index in [1.807, 2.05) is 13.8 Å². The van der Waals surface area contributed by atoms with Gasteiger partial charge < -0.3 is 15.3 Å². The number of amides is 2. The van der Waals surface area contributed by atoms with E-state index in [0.717, 1.165) is 0 Å². The van der Waals surface area contributed by atoms with Crippen LogP contribution in [0, 0.1) is 5.92 Å². The molecule has 0 heterocycles. The number of anilines is 1. The highest BCUT2D eigenvalue weighted by Gasteiger charge is 2.18. The summed E-state index contributed by atoms with van der Waals surface area (Å²) >= 11 is 5.93. The Morgan fingerprint density at radius 3 is 2.53 bits per heavy atom. The zero-order chi connectivity index (χ0) is 14.4. The van der Waals surface area contributed by atoms with E-state index < -0.39 is 12.0 Å². The zero-order valence-corrected chi connectivity index (χ0v) is 11.6. The van der Waals surface area contributed by atoms with E-state index in [1.165, 1.54) is 4.90 Å². The minimum atomic E-state index is -1.05. The van der Waals surface area contributed by atoms with Crippen LogP contribution in [0.2, 0.25) is 5.02 Å². The summed E-state index contributed by atoms with van der Waals surface area (Å²) in [6.45, 7) is 3.85. The van der Waals surface area contributed by atoms with E-state index in [9.17, 15) is 9.59 Å². The molecule has 1 aromatic rings. The Kier molecular flexibility index (Phi) is 5.63. The van der Waals surface area contributed by atoms with Gasteiger partial charge in [0.25, 0.3) is 0 Å². The average molecular weight is 285 g/mol. The number of hydrogen-bond donors (Lipinski definition) is 2. The van der Waals surface area contributed by atoms with Gasteiger partial charge in [0.15, 0.2) is 0 Å². The minimum absolute atomic E-state index is 0.177. The highest BCUT2D eigenvalue weighted by molar-refractivity contribution is 6.33. The molecule has 2 amide bonds. The molecule has 5 nitrogen and oxygen atoms in total. The SMILES string of the molecule is CC(C)CN(CC(=O)O)C(=O)Nc1ccccc1Cl. The number of hydrogen-bond acceptors (Lipinski definition) is 2. The lowest BCUT2D eigenvalue weighted by molar-refractivity contribution is -0.137. The van der Waals surface area contributed by atoms with Gasteiger partial charge in [0.2, 0.25) is 0 Å². The second-order valence-electron chi connectivity index (χ2n) is 4.58. The van der Waals surface area contributed by atoms with Crippen molar-refractivity contribution in [3.8, 4) is 0 Å². The van der Waals surface area contributed by atoms with Gasteiger partial charge in [-0.05, 0) is 18.1 Å². The van der Waals surface area contributed by atoms with Crippen LogP contribution >= 0.6 is 11.6 Å². The van der Waals surface area contributed by atoms with Gasteiger partial charge in [0.1, 0.15) is 6.54 Å². The standard InChI is InChI=1S/C13H17ClN2O3/c1-9(2)7-16(8-12(17)18)13(19)15-11-6-4-3-5-10(11)14/h3-6,9H,7-8H2,1-2H3,(H,15,19)(H,17,18). The van der Waals surface area contributed by atoms with Crippen molar-refractivity contribution in [3.05, 3.63) is 29.3 Å². The molecule has 6 heteroatoms. The lowest BCUT2D eigenvalue weighted by Crippen LogP contribution is -2.41. The first-order valence-electron chi connectivity index (χ1n) is 5.92. The van der Waals surface area contributed by atoms with Gasteiger partial charge in [0, 0.05) is 6.54 Å². The van der Waals surface area contributed by atoms with Crippen LogP contribution in [0.25, 0.3) is 0 Å². The number of para-hydroxylation sites is 1. The van der Waals surface area contributed by atoms with Crippen molar-refractivity contribution in [2.24, 2.45) is 5.92 Å². The third-order valence-corrected chi connectivity index (χ3v) is 2.64. The molecule has 0 aliphatic heterocycles. The average Bonchev–Trinajstić information content (AvgIpc) is 2.30. The van der Waals surface area contributed by atoms with E-state index in [-0.39, 0.29) is 12.5 Å². The fourth-order valence-electron chi connectivity index (χ4n) is 1.58. The Labute approximate surface area is 117 Å². The number of carbonyl (C=O) groups excluding carboxylic acids is 1. The van der Waals surface area contributed by atoms with Crippen molar-refractivity contribution in [2.45, 2.75) is 13.8 Å². The first-order valence-corrected chi connectivity index (χ1v) is 6.30. The highest BCUT2D eigenvalue weighted by atomic mass is 35.5. The van der Waals surface area contributed by atoms with Crippen LogP contribution in [-0.4, -0.2) is 35.1 Å². The van der Waals surface area contributed by atoms with Crippen LogP contribution in [0.1, 0.15) is 13.8 Å². The predicted molar refractivity (Wildman–Crippen MR) is 74.5 cm³/mol. The first-order chi connectivity index (χ1) is 8.90. The molecule has 0 aliphatic rings. The largest absolute Gasteiger partial charge is 0.480 e. The Balaban J connectivity index is 2.76. The maximum atomic E-state index is 12.0. The molecule has 0 atom stereocenters. The molecule has 0 unspecified atom stereocenters. The van der Waals surface area contributed by atoms with Gasteiger partial charge >= 0.3 is 12.0 Å².